The van der Waals surface area contributed by atoms with E-state index in [0.29, 0.717) is 0 Å². The van der Waals surface area contributed by atoms with E-state index in [-0.39, 0.29) is 41.2 Å². The summed E-state index contributed by atoms with van der Waals surface area (Å²) in [6, 6.07) is 3.05. The smallest absolute Gasteiger partial charge is 0.305 e. The molecule has 2 heterocycles. The lowest BCUT2D eigenvalue weighted by Gasteiger charge is -2.17. The first-order valence-corrected chi connectivity index (χ1v) is 6.57. The van der Waals surface area contributed by atoms with Gasteiger partial charge < -0.3 is 4.42 Å². The van der Waals surface area contributed by atoms with Crippen LogP contribution in [0.25, 0.3) is 0 Å². The molecule has 1 saturated carbocycles. The maximum absolute atomic E-state index is 12.3. The summed E-state index contributed by atoms with van der Waals surface area (Å²) in [5, 5.41) is 0.867. The highest BCUT2D eigenvalue weighted by atomic mass is 16.3. The highest BCUT2D eigenvalue weighted by Gasteiger charge is 2.59. The largest absolute Gasteiger partial charge is 0.459 e. The quantitative estimate of drug-likeness (QED) is 0.636. The van der Waals surface area contributed by atoms with Gasteiger partial charge >= 0.3 is 5.91 Å². The predicted octanol–water partition coefficient (Wildman–Crippen LogP) is 0.732. The summed E-state index contributed by atoms with van der Waals surface area (Å²) in [6.07, 6.45) is 6.25. The van der Waals surface area contributed by atoms with Gasteiger partial charge in [0, 0.05) is 0 Å². The second kappa shape index (κ2) is 3.82. The molecule has 1 aromatic heterocycles. The van der Waals surface area contributed by atoms with Crippen molar-refractivity contribution in [2.75, 3.05) is 0 Å². The van der Waals surface area contributed by atoms with Crippen molar-refractivity contribution in [2.24, 2.45) is 23.7 Å². The van der Waals surface area contributed by atoms with E-state index in [1.54, 1.807) is 6.07 Å². The summed E-state index contributed by atoms with van der Waals surface area (Å²) in [7, 11) is 0. The molecule has 2 fully saturated rings. The summed E-state index contributed by atoms with van der Waals surface area (Å²) >= 11 is 0. The molecule has 2 bridgehead atoms. The van der Waals surface area contributed by atoms with Gasteiger partial charge in [0.2, 0.25) is 0 Å². The topological polar surface area (TPSA) is 79.6 Å². The van der Waals surface area contributed by atoms with Gasteiger partial charge in [-0.1, -0.05) is 12.2 Å². The first kappa shape index (κ1) is 11.5. The van der Waals surface area contributed by atoms with Gasteiger partial charge in [0.1, 0.15) is 0 Å². The van der Waals surface area contributed by atoms with Gasteiger partial charge in [-0.05, 0) is 30.4 Å². The van der Waals surface area contributed by atoms with Gasteiger partial charge in [-0.3, -0.25) is 19.8 Å². The molecule has 1 aliphatic heterocycles. The molecule has 0 spiro atoms. The van der Waals surface area contributed by atoms with E-state index >= 15 is 0 Å². The van der Waals surface area contributed by atoms with E-state index in [2.05, 4.69) is 5.43 Å². The second-order valence-electron chi connectivity index (χ2n) is 5.43. The Hall–Kier alpha value is -2.37. The average Bonchev–Trinajstić information content (AvgIpc) is 3.18. The molecule has 20 heavy (non-hydrogen) atoms. The van der Waals surface area contributed by atoms with Crippen molar-refractivity contribution in [2.45, 2.75) is 6.42 Å². The van der Waals surface area contributed by atoms with Crippen molar-refractivity contribution >= 4 is 17.7 Å². The molecule has 2 aliphatic carbocycles. The van der Waals surface area contributed by atoms with E-state index in [1.807, 2.05) is 12.2 Å². The molecule has 102 valence electrons. The zero-order valence-corrected chi connectivity index (χ0v) is 10.5. The molecule has 6 heteroatoms. The zero-order chi connectivity index (χ0) is 13.9. The van der Waals surface area contributed by atoms with Gasteiger partial charge in [-0.15, -0.1) is 0 Å². The van der Waals surface area contributed by atoms with Crippen LogP contribution in [0.2, 0.25) is 0 Å². The average molecular weight is 272 g/mol. The van der Waals surface area contributed by atoms with Crippen molar-refractivity contribution < 1.29 is 18.8 Å². The molecule has 0 radical (unpaired) electrons. The predicted molar refractivity (Wildman–Crippen MR) is 65.7 cm³/mol. The minimum atomic E-state index is -0.586. The summed E-state index contributed by atoms with van der Waals surface area (Å²) < 4.78 is 4.95. The fourth-order valence-corrected chi connectivity index (χ4v) is 3.58. The maximum atomic E-state index is 12.3. The van der Waals surface area contributed by atoms with Crippen molar-refractivity contribution in [3.63, 3.8) is 0 Å². The number of amides is 3. The Morgan fingerprint density at radius 3 is 2.40 bits per heavy atom. The monoisotopic (exact) mass is 272 g/mol. The molecule has 0 unspecified atom stereocenters. The molecule has 1 aromatic rings. The number of fused-ring (bicyclic) bond motifs is 5. The Bertz CT molecular complexity index is 604. The number of hydrogen-bond acceptors (Lipinski definition) is 4. The van der Waals surface area contributed by atoms with Crippen LogP contribution in [0.4, 0.5) is 0 Å². The van der Waals surface area contributed by atoms with E-state index in [1.165, 1.54) is 12.3 Å². The summed E-state index contributed by atoms with van der Waals surface area (Å²) in [4.78, 5) is 36.5. The Balaban J connectivity index is 1.57. The third-order valence-electron chi connectivity index (χ3n) is 4.43. The molecule has 4 atom stereocenters. The molecule has 3 amide bonds. The standard InChI is InChI=1S/C14H12N2O4/c17-12(9-2-1-5-20-9)15-16-13(18)10-7-3-4-8(6-7)11(10)14(16)19/h1-5,7-8,10-11H,6H2,(H,15,17)/t7-,8+,10-,11+. The second-order valence-corrected chi connectivity index (χ2v) is 5.43. The fourth-order valence-electron chi connectivity index (χ4n) is 3.58. The van der Waals surface area contributed by atoms with Crippen LogP contribution in [0.1, 0.15) is 17.0 Å². The van der Waals surface area contributed by atoms with Gasteiger partial charge in [0.05, 0.1) is 18.1 Å². The summed E-state index contributed by atoms with van der Waals surface area (Å²) in [6.45, 7) is 0. The number of carbonyl (C=O) groups is 3. The van der Waals surface area contributed by atoms with Crippen LogP contribution in [0.15, 0.2) is 35.0 Å². The summed E-state index contributed by atoms with van der Waals surface area (Å²) in [5.74, 6) is -1.49. The number of imide groups is 1. The van der Waals surface area contributed by atoms with Gasteiger partial charge in [0.25, 0.3) is 11.8 Å². The van der Waals surface area contributed by atoms with Crippen LogP contribution < -0.4 is 5.43 Å². The minimum absolute atomic E-state index is 0.0729. The van der Waals surface area contributed by atoms with Crippen molar-refractivity contribution in [1.29, 1.82) is 0 Å². The lowest BCUT2D eigenvalue weighted by atomic mass is 9.85. The third-order valence-corrected chi connectivity index (χ3v) is 4.43. The lowest BCUT2D eigenvalue weighted by molar-refractivity contribution is -0.143. The molecular formula is C14H12N2O4. The van der Waals surface area contributed by atoms with E-state index in [9.17, 15) is 14.4 Å². The number of nitrogens with zero attached hydrogens (tertiary/aromatic N) is 1. The minimum Gasteiger partial charge on any atom is -0.459 e. The Labute approximate surface area is 114 Å². The number of rotatable bonds is 2. The highest BCUT2D eigenvalue weighted by molar-refractivity contribution is 6.08. The number of hydrogen-bond donors (Lipinski definition) is 1. The molecule has 4 rings (SSSR count). The molecular weight excluding hydrogens is 260 g/mol. The van der Waals surface area contributed by atoms with Crippen LogP contribution >= 0.6 is 0 Å². The Kier molecular flexibility index (Phi) is 2.19. The summed E-state index contributed by atoms with van der Waals surface area (Å²) in [5.41, 5.74) is 2.35. The van der Waals surface area contributed by atoms with E-state index < -0.39 is 5.91 Å². The van der Waals surface area contributed by atoms with Crippen molar-refractivity contribution in [1.82, 2.24) is 10.4 Å². The van der Waals surface area contributed by atoms with Crippen molar-refractivity contribution in [3.05, 3.63) is 36.3 Å². The lowest BCUT2D eigenvalue weighted by Crippen LogP contribution is -2.47. The Morgan fingerprint density at radius 2 is 1.85 bits per heavy atom. The van der Waals surface area contributed by atoms with Crippen LogP contribution in [0.5, 0.6) is 0 Å². The number of allylic oxidation sites excluding steroid dienone is 2. The molecule has 3 aliphatic rings. The van der Waals surface area contributed by atoms with Gasteiger partial charge in [0.15, 0.2) is 5.76 Å². The Morgan fingerprint density at radius 1 is 1.20 bits per heavy atom. The molecule has 6 nitrogen and oxygen atoms in total. The SMILES string of the molecule is O=C(NN1C(=O)[C@@H]2[C@H](C1=O)[C@@H]1C=C[C@H]2C1)c1ccco1. The number of hydrazine groups is 1. The van der Waals surface area contributed by atoms with E-state index in [4.69, 9.17) is 4.42 Å². The van der Waals surface area contributed by atoms with Crippen LogP contribution in [0.3, 0.4) is 0 Å². The van der Waals surface area contributed by atoms with Gasteiger partial charge in [-0.2, -0.15) is 5.01 Å². The maximum Gasteiger partial charge on any atom is 0.305 e. The molecule has 1 N–H and O–H groups in total. The number of carbonyl (C=O) groups excluding carboxylic acids is 3. The fraction of sp³-hybridized carbons (Fsp3) is 0.357. The first-order chi connectivity index (χ1) is 9.66. The van der Waals surface area contributed by atoms with Crippen LogP contribution in [0, 0.1) is 23.7 Å². The van der Waals surface area contributed by atoms with Crippen LogP contribution in [-0.2, 0) is 9.59 Å². The third kappa shape index (κ3) is 1.36. The van der Waals surface area contributed by atoms with Crippen LogP contribution in [-0.4, -0.2) is 22.7 Å². The number of furan rings is 1. The van der Waals surface area contributed by atoms with Crippen molar-refractivity contribution in [3.8, 4) is 0 Å². The highest BCUT2D eigenvalue weighted by Crippen LogP contribution is 2.52. The number of nitrogens with one attached hydrogen (secondary N) is 1. The normalized spacial score (nSPS) is 33.9. The zero-order valence-electron chi connectivity index (χ0n) is 10.5. The molecule has 1 saturated heterocycles. The van der Waals surface area contributed by atoms with Gasteiger partial charge in [-0.25, -0.2) is 0 Å². The molecule has 0 aromatic carbocycles. The van der Waals surface area contributed by atoms with E-state index in [0.717, 1.165) is 11.4 Å². The first-order valence-electron chi connectivity index (χ1n) is 6.57.